The topological polar surface area (TPSA) is 61.0 Å². The molecule has 2 rings (SSSR count). The van der Waals surface area contributed by atoms with Crippen molar-refractivity contribution in [2.75, 3.05) is 7.11 Å². The molecule has 0 saturated heterocycles. The Morgan fingerprint density at radius 2 is 2.05 bits per heavy atom. The van der Waals surface area contributed by atoms with Gasteiger partial charge in [-0.2, -0.15) is 0 Å². The maximum absolute atomic E-state index is 6.39. The van der Waals surface area contributed by atoms with Crippen molar-refractivity contribution in [3.8, 4) is 5.75 Å². The largest absolute Gasteiger partial charge is 0.496 e. The van der Waals surface area contributed by atoms with Gasteiger partial charge in [-0.05, 0) is 37.5 Å². The molecule has 0 bridgehead atoms. The van der Waals surface area contributed by atoms with Gasteiger partial charge in [-0.25, -0.2) is 0 Å². The van der Waals surface area contributed by atoms with Crippen molar-refractivity contribution >= 4 is 0 Å². The predicted octanol–water partition coefficient (Wildman–Crippen LogP) is 2.91. The molecule has 1 atom stereocenters. The molecule has 0 amide bonds. The molecule has 4 heteroatoms. The average Bonchev–Trinajstić information content (AvgIpc) is 2.50. The van der Waals surface area contributed by atoms with Crippen molar-refractivity contribution in [2.45, 2.75) is 39.7 Å². The Kier molecular flexibility index (Phi) is 4.91. The number of nitrogens with two attached hydrogens (primary N) is 1. The van der Waals surface area contributed by atoms with Gasteiger partial charge >= 0.3 is 0 Å². The number of aryl methyl sites for hydroxylation is 2. The van der Waals surface area contributed by atoms with Gasteiger partial charge in [-0.1, -0.05) is 6.92 Å². The van der Waals surface area contributed by atoms with E-state index < -0.39 is 0 Å². The zero-order valence-corrected chi connectivity index (χ0v) is 13.2. The lowest BCUT2D eigenvalue weighted by atomic mass is 9.96. The van der Waals surface area contributed by atoms with Crippen molar-refractivity contribution in [2.24, 2.45) is 5.73 Å². The molecule has 0 aliphatic heterocycles. The molecule has 0 aliphatic rings. The lowest BCUT2D eigenvalue weighted by Crippen LogP contribution is -2.17. The van der Waals surface area contributed by atoms with Gasteiger partial charge in [0.1, 0.15) is 5.75 Å². The highest BCUT2D eigenvalue weighted by Gasteiger charge is 2.15. The number of methoxy groups -OCH3 is 1. The first-order chi connectivity index (χ1) is 10.1. The summed E-state index contributed by atoms with van der Waals surface area (Å²) in [4.78, 5) is 8.70. The van der Waals surface area contributed by atoms with Crippen molar-refractivity contribution in [3.63, 3.8) is 0 Å². The summed E-state index contributed by atoms with van der Waals surface area (Å²) in [5.41, 5.74) is 11.8. The molecule has 21 heavy (non-hydrogen) atoms. The van der Waals surface area contributed by atoms with Crippen LogP contribution in [0.5, 0.6) is 5.75 Å². The van der Waals surface area contributed by atoms with E-state index in [1.165, 1.54) is 5.56 Å². The Balaban J connectivity index is 2.30. The molecule has 0 aromatic carbocycles. The van der Waals surface area contributed by atoms with Crippen LogP contribution in [0.15, 0.2) is 24.7 Å². The minimum atomic E-state index is -0.0819. The van der Waals surface area contributed by atoms with Crippen LogP contribution in [0.25, 0.3) is 0 Å². The summed E-state index contributed by atoms with van der Waals surface area (Å²) < 4.78 is 5.46. The molecule has 0 saturated carbocycles. The Labute approximate surface area is 126 Å². The standard InChI is InChI=1S/C17H23N3O/c1-5-13-10-19-7-6-14(13)15(18)8-16-12(3)17(21-4)11(2)9-20-16/h6-7,9-10,15H,5,8,18H2,1-4H3. The lowest BCUT2D eigenvalue weighted by Gasteiger charge is -2.18. The summed E-state index contributed by atoms with van der Waals surface area (Å²) >= 11 is 0. The Morgan fingerprint density at radius 3 is 2.71 bits per heavy atom. The maximum Gasteiger partial charge on any atom is 0.128 e. The summed E-state index contributed by atoms with van der Waals surface area (Å²) in [6.45, 7) is 6.15. The minimum absolute atomic E-state index is 0.0819. The minimum Gasteiger partial charge on any atom is -0.496 e. The van der Waals surface area contributed by atoms with E-state index >= 15 is 0 Å². The molecule has 112 valence electrons. The first-order valence-corrected chi connectivity index (χ1v) is 7.25. The molecule has 0 radical (unpaired) electrons. The van der Waals surface area contributed by atoms with E-state index in [2.05, 4.69) is 16.9 Å². The molecular formula is C17H23N3O. The predicted molar refractivity (Wildman–Crippen MR) is 84.5 cm³/mol. The quantitative estimate of drug-likeness (QED) is 0.917. The van der Waals surface area contributed by atoms with E-state index in [1.807, 2.05) is 32.3 Å². The molecule has 2 N–H and O–H groups in total. The number of rotatable bonds is 5. The van der Waals surface area contributed by atoms with Crippen LogP contribution in [-0.2, 0) is 12.8 Å². The summed E-state index contributed by atoms with van der Waals surface area (Å²) in [7, 11) is 1.69. The number of hydrogen-bond donors (Lipinski definition) is 1. The molecular weight excluding hydrogens is 262 g/mol. The Morgan fingerprint density at radius 1 is 1.29 bits per heavy atom. The van der Waals surface area contributed by atoms with E-state index in [-0.39, 0.29) is 6.04 Å². The van der Waals surface area contributed by atoms with Gasteiger partial charge in [0.2, 0.25) is 0 Å². The van der Waals surface area contributed by atoms with Crippen LogP contribution in [0, 0.1) is 13.8 Å². The van der Waals surface area contributed by atoms with Crippen molar-refractivity contribution in [3.05, 3.63) is 52.6 Å². The van der Waals surface area contributed by atoms with Crippen LogP contribution in [0.4, 0.5) is 0 Å². The third-order valence-electron chi connectivity index (χ3n) is 3.88. The van der Waals surface area contributed by atoms with Gasteiger partial charge in [0, 0.05) is 47.9 Å². The molecule has 2 aromatic rings. The highest BCUT2D eigenvalue weighted by Crippen LogP contribution is 2.27. The van der Waals surface area contributed by atoms with Gasteiger partial charge in [0.05, 0.1) is 7.11 Å². The number of hydrogen-bond acceptors (Lipinski definition) is 4. The van der Waals surface area contributed by atoms with E-state index in [0.29, 0.717) is 6.42 Å². The summed E-state index contributed by atoms with van der Waals surface area (Å²) in [6.07, 6.45) is 7.16. The third-order valence-corrected chi connectivity index (χ3v) is 3.88. The second-order valence-corrected chi connectivity index (χ2v) is 5.28. The van der Waals surface area contributed by atoms with Crippen molar-refractivity contribution in [1.29, 1.82) is 0 Å². The van der Waals surface area contributed by atoms with Crippen LogP contribution < -0.4 is 10.5 Å². The van der Waals surface area contributed by atoms with Crippen molar-refractivity contribution < 1.29 is 4.74 Å². The smallest absolute Gasteiger partial charge is 0.128 e. The molecule has 4 nitrogen and oxygen atoms in total. The molecule has 1 unspecified atom stereocenters. The molecule has 0 spiro atoms. The number of pyridine rings is 2. The second kappa shape index (κ2) is 6.68. The summed E-state index contributed by atoms with van der Waals surface area (Å²) in [5, 5.41) is 0. The Hall–Kier alpha value is -1.94. The average molecular weight is 285 g/mol. The number of nitrogens with zero attached hydrogens (tertiary/aromatic N) is 2. The molecule has 0 aliphatic carbocycles. The van der Waals surface area contributed by atoms with Crippen LogP contribution in [0.1, 0.15) is 40.9 Å². The molecule has 0 fully saturated rings. The van der Waals surface area contributed by atoms with Crippen LogP contribution in [0.2, 0.25) is 0 Å². The van der Waals surface area contributed by atoms with E-state index in [0.717, 1.165) is 34.6 Å². The summed E-state index contributed by atoms with van der Waals surface area (Å²) in [5.74, 6) is 0.901. The van der Waals surface area contributed by atoms with Crippen LogP contribution in [0.3, 0.4) is 0 Å². The Bertz CT molecular complexity index is 625. The van der Waals surface area contributed by atoms with Gasteiger partial charge in [0.15, 0.2) is 0 Å². The zero-order chi connectivity index (χ0) is 15.4. The number of aromatic nitrogens is 2. The normalized spacial score (nSPS) is 12.2. The fraction of sp³-hybridized carbons (Fsp3) is 0.412. The fourth-order valence-corrected chi connectivity index (χ4v) is 2.69. The highest BCUT2D eigenvalue weighted by atomic mass is 16.5. The van der Waals surface area contributed by atoms with Gasteiger partial charge < -0.3 is 10.5 Å². The summed E-state index contributed by atoms with van der Waals surface area (Å²) in [6, 6.07) is 1.92. The van der Waals surface area contributed by atoms with Gasteiger partial charge in [-0.3, -0.25) is 9.97 Å². The second-order valence-electron chi connectivity index (χ2n) is 5.28. The van der Waals surface area contributed by atoms with E-state index in [4.69, 9.17) is 10.5 Å². The lowest BCUT2D eigenvalue weighted by molar-refractivity contribution is 0.406. The third kappa shape index (κ3) is 3.22. The van der Waals surface area contributed by atoms with Crippen molar-refractivity contribution in [1.82, 2.24) is 9.97 Å². The maximum atomic E-state index is 6.39. The van der Waals surface area contributed by atoms with Gasteiger partial charge in [-0.15, -0.1) is 0 Å². The highest BCUT2D eigenvalue weighted by molar-refractivity contribution is 5.42. The first-order valence-electron chi connectivity index (χ1n) is 7.25. The van der Waals surface area contributed by atoms with Crippen LogP contribution in [-0.4, -0.2) is 17.1 Å². The fourth-order valence-electron chi connectivity index (χ4n) is 2.69. The van der Waals surface area contributed by atoms with Crippen LogP contribution >= 0.6 is 0 Å². The monoisotopic (exact) mass is 285 g/mol. The zero-order valence-electron chi connectivity index (χ0n) is 13.2. The SMILES string of the molecule is CCc1cnccc1C(N)Cc1ncc(C)c(OC)c1C. The van der Waals surface area contributed by atoms with E-state index in [1.54, 1.807) is 13.3 Å². The first kappa shape index (κ1) is 15.4. The molecule has 2 aromatic heterocycles. The van der Waals surface area contributed by atoms with E-state index in [9.17, 15) is 0 Å². The number of ether oxygens (including phenoxy) is 1. The van der Waals surface area contributed by atoms with Gasteiger partial charge in [0.25, 0.3) is 0 Å². The molecule has 2 heterocycles.